The number of nitrogen functional groups attached to an aromatic ring is 1. The molecule has 5 heteroatoms. The lowest BCUT2D eigenvalue weighted by Crippen LogP contribution is -2.11. The van der Waals surface area contributed by atoms with Crippen LogP contribution in [0.1, 0.15) is 23.2 Å². The Bertz CT molecular complexity index is 442. The van der Waals surface area contributed by atoms with Crippen molar-refractivity contribution < 1.29 is 14.3 Å². The van der Waals surface area contributed by atoms with Gasteiger partial charge in [0.2, 0.25) is 0 Å². The smallest absolute Gasteiger partial charge is 0.337 e. The van der Waals surface area contributed by atoms with Crippen LogP contribution in [-0.2, 0) is 9.47 Å². The first-order valence-corrected chi connectivity index (χ1v) is 6.50. The van der Waals surface area contributed by atoms with Crippen LogP contribution in [0.3, 0.4) is 0 Å². The van der Waals surface area contributed by atoms with Crippen LogP contribution in [0, 0.1) is 5.92 Å². The Morgan fingerprint density at radius 3 is 3.11 bits per heavy atom. The summed E-state index contributed by atoms with van der Waals surface area (Å²) < 4.78 is 10.0. The Morgan fingerprint density at radius 1 is 1.58 bits per heavy atom. The fourth-order valence-corrected chi connectivity index (χ4v) is 2.18. The van der Waals surface area contributed by atoms with Crippen LogP contribution in [0.15, 0.2) is 18.2 Å². The minimum absolute atomic E-state index is 0.354. The van der Waals surface area contributed by atoms with Crippen molar-refractivity contribution in [2.45, 2.75) is 12.8 Å². The zero-order chi connectivity index (χ0) is 13.7. The van der Waals surface area contributed by atoms with Gasteiger partial charge < -0.3 is 20.5 Å². The number of benzene rings is 1. The molecular weight excluding hydrogens is 244 g/mol. The van der Waals surface area contributed by atoms with Gasteiger partial charge in [0.15, 0.2) is 0 Å². The summed E-state index contributed by atoms with van der Waals surface area (Å²) in [6.45, 7) is 2.53. The molecule has 0 spiro atoms. The zero-order valence-corrected chi connectivity index (χ0v) is 11.1. The van der Waals surface area contributed by atoms with E-state index in [0.29, 0.717) is 17.2 Å². The lowest BCUT2D eigenvalue weighted by atomic mass is 10.1. The first-order valence-electron chi connectivity index (χ1n) is 6.50. The molecule has 1 fully saturated rings. The molecule has 0 saturated carbocycles. The van der Waals surface area contributed by atoms with E-state index in [1.54, 1.807) is 18.2 Å². The standard InChI is InChI=1S/C14H20N2O3/c1-18-14(17)11-2-3-12(15)13(8-11)16-6-4-10-5-7-19-9-10/h2-3,8,10,16H,4-7,9,15H2,1H3. The number of hydrogen-bond acceptors (Lipinski definition) is 5. The number of carbonyl (C=O) groups excluding carboxylic acids is 1. The Balaban J connectivity index is 1.92. The third-order valence-electron chi connectivity index (χ3n) is 3.37. The van der Waals surface area contributed by atoms with Gasteiger partial charge in [-0.15, -0.1) is 0 Å². The van der Waals surface area contributed by atoms with E-state index >= 15 is 0 Å². The van der Waals surface area contributed by atoms with Gasteiger partial charge in [-0.05, 0) is 37.0 Å². The second-order valence-electron chi connectivity index (χ2n) is 4.74. The summed E-state index contributed by atoms with van der Waals surface area (Å²) in [6, 6.07) is 5.11. The van der Waals surface area contributed by atoms with Crippen molar-refractivity contribution in [3.63, 3.8) is 0 Å². The molecule has 1 aromatic rings. The molecule has 0 aliphatic carbocycles. The van der Waals surface area contributed by atoms with Crippen LogP contribution in [0.4, 0.5) is 11.4 Å². The highest BCUT2D eigenvalue weighted by atomic mass is 16.5. The summed E-state index contributed by atoms with van der Waals surface area (Å²) in [7, 11) is 1.37. The van der Waals surface area contributed by atoms with Crippen molar-refractivity contribution in [2.75, 3.05) is 37.9 Å². The van der Waals surface area contributed by atoms with Crippen molar-refractivity contribution in [3.05, 3.63) is 23.8 Å². The largest absolute Gasteiger partial charge is 0.465 e. The van der Waals surface area contributed by atoms with E-state index in [0.717, 1.165) is 38.3 Å². The van der Waals surface area contributed by atoms with Gasteiger partial charge in [-0.2, -0.15) is 0 Å². The normalized spacial score (nSPS) is 18.3. The molecule has 3 N–H and O–H groups in total. The SMILES string of the molecule is COC(=O)c1ccc(N)c(NCCC2CCOC2)c1. The number of hydrogen-bond donors (Lipinski definition) is 2. The summed E-state index contributed by atoms with van der Waals surface area (Å²) in [5.41, 5.74) is 7.80. The van der Waals surface area contributed by atoms with Gasteiger partial charge >= 0.3 is 5.97 Å². The molecule has 5 nitrogen and oxygen atoms in total. The van der Waals surface area contributed by atoms with E-state index in [4.69, 9.17) is 15.2 Å². The summed E-state index contributed by atoms with van der Waals surface area (Å²) in [5.74, 6) is 0.268. The lowest BCUT2D eigenvalue weighted by molar-refractivity contribution is 0.0601. The minimum Gasteiger partial charge on any atom is -0.465 e. The number of esters is 1. The zero-order valence-electron chi connectivity index (χ0n) is 11.1. The van der Waals surface area contributed by atoms with Crippen molar-refractivity contribution in [3.8, 4) is 0 Å². The third kappa shape index (κ3) is 3.61. The van der Waals surface area contributed by atoms with Gasteiger partial charge in [0.1, 0.15) is 0 Å². The molecule has 0 bridgehead atoms. The third-order valence-corrected chi connectivity index (χ3v) is 3.37. The van der Waals surface area contributed by atoms with Gasteiger partial charge in [0, 0.05) is 19.8 Å². The van der Waals surface area contributed by atoms with Crippen molar-refractivity contribution in [2.24, 2.45) is 5.92 Å². The van der Waals surface area contributed by atoms with Crippen LogP contribution in [0.5, 0.6) is 0 Å². The molecular formula is C14H20N2O3. The van der Waals surface area contributed by atoms with Crippen LogP contribution in [-0.4, -0.2) is 32.8 Å². The molecule has 1 saturated heterocycles. The van der Waals surface area contributed by atoms with Gasteiger partial charge in [-0.25, -0.2) is 4.79 Å². The Kier molecular flexibility index (Phi) is 4.63. The molecule has 0 amide bonds. The summed E-state index contributed by atoms with van der Waals surface area (Å²) in [5, 5.41) is 3.27. The number of anilines is 2. The Hall–Kier alpha value is -1.75. The summed E-state index contributed by atoms with van der Waals surface area (Å²) >= 11 is 0. The number of nitrogens with one attached hydrogen (secondary N) is 1. The van der Waals surface area contributed by atoms with E-state index in [-0.39, 0.29) is 5.97 Å². The molecule has 104 valence electrons. The molecule has 1 unspecified atom stereocenters. The molecule has 0 radical (unpaired) electrons. The maximum absolute atomic E-state index is 11.5. The van der Waals surface area contributed by atoms with Crippen molar-refractivity contribution in [1.29, 1.82) is 0 Å². The van der Waals surface area contributed by atoms with E-state index < -0.39 is 0 Å². The minimum atomic E-state index is -0.354. The van der Waals surface area contributed by atoms with Gasteiger partial charge in [-0.1, -0.05) is 0 Å². The Morgan fingerprint density at radius 2 is 2.42 bits per heavy atom. The number of methoxy groups -OCH3 is 1. The molecule has 1 aliphatic heterocycles. The van der Waals surface area contributed by atoms with Crippen molar-refractivity contribution >= 4 is 17.3 Å². The highest BCUT2D eigenvalue weighted by Gasteiger charge is 2.15. The molecule has 19 heavy (non-hydrogen) atoms. The van der Waals surface area contributed by atoms with Crippen LogP contribution >= 0.6 is 0 Å². The summed E-state index contributed by atoms with van der Waals surface area (Å²) in [4.78, 5) is 11.5. The second-order valence-corrected chi connectivity index (χ2v) is 4.74. The van der Waals surface area contributed by atoms with Crippen molar-refractivity contribution in [1.82, 2.24) is 0 Å². The number of ether oxygens (including phenoxy) is 2. The number of rotatable bonds is 5. The highest BCUT2D eigenvalue weighted by molar-refractivity contribution is 5.91. The molecule has 2 rings (SSSR count). The van der Waals surface area contributed by atoms with Gasteiger partial charge in [-0.3, -0.25) is 0 Å². The van der Waals surface area contributed by atoms with Crippen LogP contribution < -0.4 is 11.1 Å². The lowest BCUT2D eigenvalue weighted by Gasteiger charge is -2.12. The van der Waals surface area contributed by atoms with Gasteiger partial charge in [0.05, 0.1) is 24.0 Å². The fourth-order valence-electron chi connectivity index (χ4n) is 2.18. The quantitative estimate of drug-likeness (QED) is 0.627. The maximum atomic E-state index is 11.5. The average molecular weight is 264 g/mol. The first-order chi connectivity index (χ1) is 9.20. The molecule has 1 aliphatic rings. The first kappa shape index (κ1) is 13.7. The number of nitrogens with two attached hydrogens (primary N) is 1. The summed E-state index contributed by atoms with van der Waals surface area (Å²) in [6.07, 6.45) is 2.17. The van der Waals surface area contributed by atoms with E-state index in [1.807, 2.05) is 0 Å². The molecule has 1 heterocycles. The predicted octanol–water partition coefficient (Wildman–Crippen LogP) is 1.89. The maximum Gasteiger partial charge on any atom is 0.337 e. The number of carbonyl (C=O) groups is 1. The molecule has 1 aromatic carbocycles. The second kappa shape index (κ2) is 6.43. The average Bonchev–Trinajstić information content (AvgIpc) is 2.93. The van der Waals surface area contributed by atoms with Gasteiger partial charge in [0.25, 0.3) is 0 Å². The topological polar surface area (TPSA) is 73.6 Å². The molecule has 1 atom stereocenters. The monoisotopic (exact) mass is 264 g/mol. The van der Waals surface area contributed by atoms with E-state index in [1.165, 1.54) is 7.11 Å². The van der Waals surface area contributed by atoms with E-state index in [2.05, 4.69) is 5.32 Å². The van der Waals surface area contributed by atoms with E-state index in [9.17, 15) is 4.79 Å². The van der Waals surface area contributed by atoms with Crippen LogP contribution in [0.2, 0.25) is 0 Å². The predicted molar refractivity (Wildman–Crippen MR) is 74.2 cm³/mol. The highest BCUT2D eigenvalue weighted by Crippen LogP contribution is 2.22. The Labute approximate surface area is 113 Å². The fraction of sp³-hybridized carbons (Fsp3) is 0.500. The molecule has 0 aromatic heterocycles. The van der Waals surface area contributed by atoms with Crippen LogP contribution in [0.25, 0.3) is 0 Å².